The molecule has 1 heterocycles. The summed E-state index contributed by atoms with van der Waals surface area (Å²) in [6.07, 6.45) is 5.20. The van der Waals surface area contributed by atoms with Gasteiger partial charge in [0.2, 0.25) is 0 Å². The van der Waals surface area contributed by atoms with Crippen LogP contribution >= 0.6 is 11.3 Å². The summed E-state index contributed by atoms with van der Waals surface area (Å²) in [5.74, 6) is 0.933. The summed E-state index contributed by atoms with van der Waals surface area (Å²) in [6, 6.07) is 8.20. The number of benzene rings is 1. The lowest BCUT2D eigenvalue weighted by Gasteiger charge is -2.36. The van der Waals surface area contributed by atoms with Crippen molar-refractivity contribution in [1.29, 1.82) is 0 Å². The maximum atomic E-state index is 10.5. The summed E-state index contributed by atoms with van der Waals surface area (Å²) in [5, 5.41) is 14.8. The van der Waals surface area contributed by atoms with Crippen LogP contribution in [0.4, 0.5) is 0 Å². The smallest absolute Gasteiger partial charge is 0.304 e. The Labute approximate surface area is 177 Å². The molecule has 2 aromatic rings. The number of hydrogen-bond acceptors (Lipinski definition) is 5. The highest BCUT2D eigenvalue weighted by molar-refractivity contribution is 7.09. The van der Waals surface area contributed by atoms with Gasteiger partial charge in [-0.25, -0.2) is 4.98 Å². The Balaban J connectivity index is 1.49. The van der Waals surface area contributed by atoms with E-state index < -0.39 is 5.97 Å². The zero-order valence-corrected chi connectivity index (χ0v) is 18.4. The van der Waals surface area contributed by atoms with Crippen molar-refractivity contribution < 1.29 is 14.6 Å². The van der Waals surface area contributed by atoms with E-state index in [1.807, 2.05) is 17.5 Å². The number of nitrogens with one attached hydrogen (secondary N) is 1. The molecule has 0 saturated heterocycles. The van der Waals surface area contributed by atoms with Gasteiger partial charge >= 0.3 is 5.97 Å². The van der Waals surface area contributed by atoms with E-state index >= 15 is 0 Å². The predicted molar refractivity (Wildman–Crippen MR) is 117 cm³/mol. The molecule has 29 heavy (non-hydrogen) atoms. The van der Waals surface area contributed by atoms with Gasteiger partial charge < -0.3 is 15.2 Å². The van der Waals surface area contributed by atoms with Gasteiger partial charge in [-0.3, -0.25) is 4.79 Å². The van der Waals surface area contributed by atoms with Gasteiger partial charge in [-0.1, -0.05) is 20.8 Å². The molecule has 1 fully saturated rings. The highest BCUT2D eigenvalue weighted by atomic mass is 32.1. The Morgan fingerprint density at radius 1 is 1.21 bits per heavy atom. The average molecular weight is 417 g/mol. The molecule has 0 amide bonds. The van der Waals surface area contributed by atoms with Crippen LogP contribution < -0.4 is 10.1 Å². The molecule has 0 aliphatic heterocycles. The first-order valence-corrected chi connectivity index (χ1v) is 11.3. The van der Waals surface area contributed by atoms with Crippen molar-refractivity contribution in [2.75, 3.05) is 6.54 Å². The number of carbonyl (C=O) groups is 1. The lowest BCUT2D eigenvalue weighted by Crippen LogP contribution is -2.30. The summed E-state index contributed by atoms with van der Waals surface area (Å²) >= 11 is 1.59. The molecule has 1 aromatic carbocycles. The molecule has 3 rings (SSSR count). The summed E-state index contributed by atoms with van der Waals surface area (Å²) in [6.45, 7) is 8.07. The largest absolute Gasteiger partial charge is 0.490 e. The number of nitrogens with zero attached hydrogens (tertiary/aromatic N) is 1. The molecule has 1 aliphatic rings. The van der Waals surface area contributed by atoms with E-state index in [-0.39, 0.29) is 6.42 Å². The Hall–Kier alpha value is -1.92. The molecule has 0 unspecified atom stereocenters. The molecule has 2 N–H and O–H groups in total. The second-order valence-corrected chi connectivity index (χ2v) is 9.87. The topological polar surface area (TPSA) is 71.5 Å². The number of carboxylic acids is 1. The highest BCUT2D eigenvalue weighted by Gasteiger charge is 2.30. The predicted octanol–water partition coefficient (Wildman–Crippen LogP) is 5.36. The van der Waals surface area contributed by atoms with Gasteiger partial charge in [0, 0.05) is 24.0 Å². The van der Waals surface area contributed by atoms with Crippen LogP contribution in [0.5, 0.6) is 5.75 Å². The average Bonchev–Trinajstić information content (AvgIpc) is 3.14. The van der Waals surface area contributed by atoms with Gasteiger partial charge in [0.25, 0.3) is 0 Å². The lowest BCUT2D eigenvalue weighted by molar-refractivity contribution is -0.136. The maximum absolute atomic E-state index is 10.5. The molecule has 0 radical (unpaired) electrons. The monoisotopic (exact) mass is 416 g/mol. The fourth-order valence-electron chi connectivity index (χ4n) is 3.86. The van der Waals surface area contributed by atoms with Crippen LogP contribution in [0.15, 0.2) is 29.6 Å². The van der Waals surface area contributed by atoms with Crippen LogP contribution in [0, 0.1) is 11.3 Å². The minimum absolute atomic E-state index is 0.123. The number of aliphatic carboxylic acids is 1. The Kier molecular flexibility index (Phi) is 7.30. The third-order valence-electron chi connectivity index (χ3n) is 5.70. The molecule has 1 aromatic heterocycles. The Bertz CT molecular complexity index is 787. The van der Waals surface area contributed by atoms with E-state index in [0.717, 1.165) is 40.8 Å². The number of ether oxygens (including phenoxy) is 1. The van der Waals surface area contributed by atoms with E-state index in [4.69, 9.17) is 9.84 Å². The maximum Gasteiger partial charge on any atom is 0.304 e. The number of thiazole rings is 1. The van der Waals surface area contributed by atoms with E-state index in [0.29, 0.717) is 24.6 Å². The normalized spacial score (nSPS) is 19.8. The third-order valence-corrected chi connectivity index (χ3v) is 6.54. The second kappa shape index (κ2) is 9.72. The van der Waals surface area contributed by atoms with Crippen molar-refractivity contribution >= 4 is 17.3 Å². The van der Waals surface area contributed by atoms with Gasteiger partial charge in [-0.05, 0) is 61.3 Å². The first-order valence-electron chi connectivity index (χ1n) is 10.5. The summed E-state index contributed by atoms with van der Waals surface area (Å²) in [7, 11) is 0. The number of carboxylic acid groups (broad SMARTS) is 1. The number of hydrogen-bond donors (Lipinski definition) is 2. The second-order valence-electron chi connectivity index (χ2n) is 8.93. The first-order chi connectivity index (χ1) is 13.8. The van der Waals surface area contributed by atoms with E-state index in [2.05, 4.69) is 43.2 Å². The van der Waals surface area contributed by atoms with Crippen molar-refractivity contribution in [3.63, 3.8) is 0 Å². The van der Waals surface area contributed by atoms with Crippen molar-refractivity contribution in [2.24, 2.45) is 11.3 Å². The molecule has 0 bridgehead atoms. The summed E-state index contributed by atoms with van der Waals surface area (Å²) in [4.78, 5) is 15.2. The number of aromatic nitrogens is 1. The SMILES string of the molecule is CC(C)(C)[C@H]1CC[C@H](Oc2ccc(-c3csc(CNCCC(=O)O)n3)cc2)CC1. The van der Waals surface area contributed by atoms with Crippen LogP contribution in [-0.2, 0) is 11.3 Å². The lowest BCUT2D eigenvalue weighted by atomic mass is 9.72. The van der Waals surface area contributed by atoms with E-state index in [9.17, 15) is 4.79 Å². The van der Waals surface area contributed by atoms with Crippen LogP contribution in [0.1, 0.15) is 57.9 Å². The van der Waals surface area contributed by atoms with Crippen molar-refractivity contribution in [2.45, 2.75) is 65.5 Å². The van der Waals surface area contributed by atoms with Crippen LogP contribution in [-0.4, -0.2) is 28.7 Å². The van der Waals surface area contributed by atoms with Gasteiger partial charge in [0.05, 0.1) is 18.2 Å². The molecular weight excluding hydrogens is 384 g/mol. The van der Waals surface area contributed by atoms with E-state index in [1.54, 1.807) is 11.3 Å². The zero-order chi connectivity index (χ0) is 20.9. The van der Waals surface area contributed by atoms with Crippen molar-refractivity contribution in [1.82, 2.24) is 10.3 Å². The summed E-state index contributed by atoms with van der Waals surface area (Å²) in [5.41, 5.74) is 2.41. The first kappa shape index (κ1) is 21.8. The molecule has 1 saturated carbocycles. The van der Waals surface area contributed by atoms with Crippen LogP contribution in [0.25, 0.3) is 11.3 Å². The molecular formula is C23H32N2O3S. The standard InChI is InChI=1S/C23H32N2O3S/c1-23(2,3)17-6-10-19(11-7-17)28-18-8-4-16(5-9-18)20-15-29-21(25-20)14-24-13-12-22(26)27/h4-5,8-9,15,17,19,24H,6-7,10-14H2,1-3H3,(H,26,27)/t17-,19-. The number of rotatable bonds is 8. The zero-order valence-electron chi connectivity index (χ0n) is 17.6. The molecule has 5 nitrogen and oxygen atoms in total. The third kappa shape index (κ3) is 6.54. The van der Waals surface area contributed by atoms with E-state index in [1.165, 1.54) is 12.8 Å². The summed E-state index contributed by atoms with van der Waals surface area (Å²) < 4.78 is 6.22. The Morgan fingerprint density at radius 3 is 2.52 bits per heavy atom. The van der Waals surface area contributed by atoms with Crippen LogP contribution in [0.2, 0.25) is 0 Å². The molecule has 1 aliphatic carbocycles. The van der Waals surface area contributed by atoms with Crippen molar-refractivity contribution in [3.8, 4) is 17.0 Å². The Morgan fingerprint density at radius 2 is 1.90 bits per heavy atom. The highest BCUT2D eigenvalue weighted by Crippen LogP contribution is 2.38. The minimum Gasteiger partial charge on any atom is -0.490 e. The van der Waals surface area contributed by atoms with Gasteiger partial charge in [0.15, 0.2) is 0 Å². The van der Waals surface area contributed by atoms with Crippen molar-refractivity contribution in [3.05, 3.63) is 34.7 Å². The van der Waals surface area contributed by atoms with Gasteiger partial charge in [0.1, 0.15) is 10.8 Å². The molecule has 158 valence electrons. The molecule has 0 atom stereocenters. The fourth-order valence-corrected chi connectivity index (χ4v) is 4.63. The van der Waals surface area contributed by atoms with Gasteiger partial charge in [-0.2, -0.15) is 0 Å². The van der Waals surface area contributed by atoms with Gasteiger partial charge in [-0.15, -0.1) is 11.3 Å². The molecule has 6 heteroatoms. The molecule has 0 spiro atoms. The fraction of sp³-hybridized carbons (Fsp3) is 0.565. The minimum atomic E-state index is -0.790. The quantitative estimate of drug-likeness (QED) is 0.567. The van der Waals surface area contributed by atoms with Crippen LogP contribution in [0.3, 0.4) is 0 Å².